The molecule has 9 nitrogen and oxygen atoms in total. The molecular weight excluding hydrogens is 430 g/mol. The van der Waals surface area contributed by atoms with Crippen molar-refractivity contribution in [2.24, 2.45) is 0 Å². The van der Waals surface area contributed by atoms with Crippen LogP contribution in [0.2, 0.25) is 0 Å². The molecule has 5 heterocycles. The van der Waals surface area contributed by atoms with Crippen molar-refractivity contribution >= 4 is 34.1 Å². The molecule has 5 aromatic heterocycles. The van der Waals surface area contributed by atoms with E-state index >= 15 is 0 Å². The molecule has 0 fully saturated rings. The van der Waals surface area contributed by atoms with E-state index in [0.717, 1.165) is 18.1 Å². The normalized spacial score (nSPS) is 11.7. The van der Waals surface area contributed by atoms with E-state index in [0.29, 0.717) is 27.8 Å². The molecule has 5 rings (SSSR count). The molecule has 1 amide bonds. The van der Waals surface area contributed by atoms with Gasteiger partial charge in [0.2, 0.25) is 5.95 Å². The van der Waals surface area contributed by atoms with Crippen LogP contribution < -0.4 is 10.6 Å². The molecule has 0 atom stereocenters. The summed E-state index contributed by atoms with van der Waals surface area (Å²) in [5.41, 5.74) is 3.73. The summed E-state index contributed by atoms with van der Waals surface area (Å²) in [6.45, 7) is 0.261. The van der Waals surface area contributed by atoms with Gasteiger partial charge in [0.15, 0.2) is 0 Å². The third-order valence-corrected chi connectivity index (χ3v) is 4.99. The number of pyridine rings is 2. The summed E-state index contributed by atoms with van der Waals surface area (Å²) in [6, 6.07) is 7.18. The fourth-order valence-electron chi connectivity index (χ4n) is 3.42. The lowest BCUT2D eigenvalue weighted by Crippen LogP contribution is -2.23. The predicted molar refractivity (Wildman–Crippen MR) is 119 cm³/mol. The first kappa shape index (κ1) is 20.5. The number of hydrogen-bond acceptors (Lipinski definition) is 6. The molecule has 0 aromatic carbocycles. The molecule has 0 saturated heterocycles. The zero-order valence-corrected chi connectivity index (χ0v) is 17.4. The zero-order chi connectivity index (χ0) is 23.0. The Morgan fingerprint density at radius 3 is 2.91 bits per heavy atom. The van der Waals surface area contributed by atoms with Gasteiger partial charge in [0.25, 0.3) is 11.8 Å². The largest absolute Gasteiger partial charge is 0.348 e. The number of aromatic nitrogens is 6. The number of aromatic amines is 1. The average molecular weight is 448 g/mol. The summed E-state index contributed by atoms with van der Waals surface area (Å²) >= 11 is 0. The van der Waals surface area contributed by atoms with Gasteiger partial charge in [0, 0.05) is 42.7 Å². The maximum absolute atomic E-state index is 13.1. The lowest BCUT2D eigenvalue weighted by molar-refractivity contribution is 0.0366. The number of amides is 1. The second-order valence-electron chi connectivity index (χ2n) is 7.58. The van der Waals surface area contributed by atoms with Gasteiger partial charge >= 0.3 is 0 Å². The zero-order valence-electron chi connectivity index (χ0n) is 17.4. The minimum Gasteiger partial charge on any atom is -0.348 e. The minimum absolute atomic E-state index is 0.109. The highest BCUT2D eigenvalue weighted by Crippen LogP contribution is 2.29. The molecule has 0 aliphatic heterocycles. The van der Waals surface area contributed by atoms with Crippen molar-refractivity contribution in [2.45, 2.75) is 12.8 Å². The molecule has 0 aliphatic rings. The van der Waals surface area contributed by atoms with Gasteiger partial charge in [0.05, 0.1) is 35.7 Å². The number of H-pyrrole nitrogens is 1. The number of halogens is 2. The van der Waals surface area contributed by atoms with E-state index in [2.05, 4.69) is 35.7 Å². The van der Waals surface area contributed by atoms with Crippen LogP contribution in [0.1, 0.15) is 17.3 Å². The van der Waals surface area contributed by atoms with Crippen molar-refractivity contribution in [3.63, 3.8) is 0 Å². The topological polar surface area (TPSA) is 113 Å². The van der Waals surface area contributed by atoms with Gasteiger partial charge in [-0.25, -0.2) is 18.3 Å². The third kappa shape index (κ3) is 4.20. The smallest absolute Gasteiger partial charge is 0.262 e. The molecule has 166 valence electrons. The first-order valence-electron chi connectivity index (χ1n) is 10.0. The summed E-state index contributed by atoms with van der Waals surface area (Å²) in [6.07, 6.45) is 9.77. The van der Waals surface area contributed by atoms with Crippen molar-refractivity contribution in [2.75, 3.05) is 17.2 Å². The number of anilines is 2. The van der Waals surface area contributed by atoms with Crippen molar-refractivity contribution in [1.29, 1.82) is 0 Å². The van der Waals surface area contributed by atoms with E-state index in [-0.39, 0.29) is 11.9 Å². The molecule has 0 radical (unpaired) electrons. The monoisotopic (exact) mass is 448 g/mol. The maximum atomic E-state index is 13.1. The molecule has 33 heavy (non-hydrogen) atoms. The number of hydrogen-bond donors (Lipinski definition) is 3. The second kappa shape index (κ2) is 7.93. The number of alkyl halides is 2. The molecule has 3 N–H and O–H groups in total. The number of nitrogens with one attached hydrogen (secondary N) is 3. The van der Waals surface area contributed by atoms with Gasteiger partial charge in [-0.05, 0) is 29.8 Å². The Balaban J connectivity index is 1.46. The Labute approximate surface area is 185 Å². The van der Waals surface area contributed by atoms with E-state index < -0.39 is 12.5 Å². The Kier molecular flexibility index (Phi) is 4.93. The standard InChI is InChI=1S/C22H18F2N8O/c1-22(23,24)12-28-21-27-10-16-15(9-26-19(16)31-21)13-4-6-32-18(7-13)17(11-29-32)20(33)30-14-3-2-5-25-8-14/h2-11H,12H2,1H3,(H,30,33)(H2,26,27,28,31). The van der Waals surface area contributed by atoms with Gasteiger partial charge in [-0.1, -0.05) is 0 Å². The molecular formula is C22H18F2N8O. The Bertz CT molecular complexity index is 1460. The van der Waals surface area contributed by atoms with Crippen LogP contribution in [0, 0.1) is 0 Å². The number of carbonyl (C=O) groups is 1. The Morgan fingerprint density at radius 1 is 1.24 bits per heavy atom. The Morgan fingerprint density at radius 2 is 2.12 bits per heavy atom. The first-order valence-corrected chi connectivity index (χ1v) is 10.0. The Hall–Kier alpha value is -4.41. The summed E-state index contributed by atoms with van der Waals surface area (Å²) in [5, 5.41) is 10.3. The van der Waals surface area contributed by atoms with Crippen molar-refractivity contribution in [3.05, 3.63) is 67.0 Å². The number of rotatable bonds is 6. The van der Waals surface area contributed by atoms with E-state index in [1.807, 2.05) is 12.1 Å². The number of carbonyl (C=O) groups excluding carboxylic acids is 1. The van der Waals surface area contributed by atoms with E-state index in [1.165, 1.54) is 6.20 Å². The van der Waals surface area contributed by atoms with Crippen LogP contribution in [0.25, 0.3) is 27.7 Å². The molecule has 0 saturated carbocycles. The summed E-state index contributed by atoms with van der Waals surface area (Å²) in [7, 11) is 0. The lowest BCUT2D eigenvalue weighted by Gasteiger charge is -2.10. The van der Waals surface area contributed by atoms with Crippen molar-refractivity contribution < 1.29 is 13.6 Å². The summed E-state index contributed by atoms with van der Waals surface area (Å²) < 4.78 is 27.8. The summed E-state index contributed by atoms with van der Waals surface area (Å²) in [5.74, 6) is -3.07. The van der Waals surface area contributed by atoms with Crippen LogP contribution in [-0.4, -0.2) is 47.9 Å². The highest BCUT2D eigenvalue weighted by atomic mass is 19.3. The van der Waals surface area contributed by atoms with Crippen LogP contribution in [0.3, 0.4) is 0 Å². The minimum atomic E-state index is -2.87. The highest BCUT2D eigenvalue weighted by molar-refractivity contribution is 6.09. The lowest BCUT2D eigenvalue weighted by atomic mass is 10.1. The average Bonchev–Trinajstić information content (AvgIpc) is 3.41. The van der Waals surface area contributed by atoms with Gasteiger partial charge in [-0.3, -0.25) is 9.78 Å². The van der Waals surface area contributed by atoms with Crippen molar-refractivity contribution in [1.82, 2.24) is 29.5 Å². The second-order valence-corrected chi connectivity index (χ2v) is 7.58. The fourth-order valence-corrected chi connectivity index (χ4v) is 3.42. The van der Waals surface area contributed by atoms with Crippen LogP contribution >= 0.6 is 0 Å². The van der Waals surface area contributed by atoms with Gasteiger partial charge in [-0.2, -0.15) is 10.1 Å². The van der Waals surface area contributed by atoms with Crippen LogP contribution in [-0.2, 0) is 0 Å². The first-order chi connectivity index (χ1) is 15.9. The molecule has 0 unspecified atom stereocenters. The van der Waals surface area contributed by atoms with E-state index in [9.17, 15) is 13.6 Å². The number of nitrogens with zero attached hydrogens (tertiary/aromatic N) is 5. The molecule has 11 heteroatoms. The van der Waals surface area contributed by atoms with E-state index in [1.54, 1.807) is 47.6 Å². The maximum Gasteiger partial charge on any atom is 0.262 e. The van der Waals surface area contributed by atoms with Gasteiger partial charge in [0.1, 0.15) is 5.65 Å². The van der Waals surface area contributed by atoms with E-state index in [4.69, 9.17) is 0 Å². The molecule has 5 aromatic rings. The van der Waals surface area contributed by atoms with Gasteiger partial charge < -0.3 is 15.6 Å². The van der Waals surface area contributed by atoms with Crippen molar-refractivity contribution in [3.8, 4) is 11.1 Å². The highest BCUT2D eigenvalue weighted by Gasteiger charge is 2.21. The number of fused-ring (bicyclic) bond motifs is 2. The predicted octanol–water partition coefficient (Wildman–Crippen LogP) is 3.99. The van der Waals surface area contributed by atoms with Crippen LogP contribution in [0.15, 0.2) is 61.4 Å². The molecule has 0 aliphatic carbocycles. The van der Waals surface area contributed by atoms with Crippen LogP contribution in [0.5, 0.6) is 0 Å². The molecule has 0 bridgehead atoms. The molecule has 0 spiro atoms. The third-order valence-electron chi connectivity index (χ3n) is 4.99. The quantitative estimate of drug-likeness (QED) is 0.362. The van der Waals surface area contributed by atoms with Crippen LogP contribution in [0.4, 0.5) is 20.4 Å². The summed E-state index contributed by atoms with van der Waals surface area (Å²) in [4.78, 5) is 28.3. The SMILES string of the molecule is CC(F)(F)CNc1ncc2c(-c3ccn4ncc(C(=O)Nc5cccnc5)c4c3)c[nH]c2n1. The van der Waals surface area contributed by atoms with Gasteiger partial charge in [-0.15, -0.1) is 0 Å². The fraction of sp³-hybridized carbons (Fsp3) is 0.136.